The average molecular weight is 438 g/mol. The number of carbonyl (C=O) groups is 2. The molecule has 2 atom stereocenters. The summed E-state index contributed by atoms with van der Waals surface area (Å²) in [5, 5.41) is 11.2. The normalized spacial score (nSPS) is 19.2. The van der Waals surface area contributed by atoms with E-state index in [2.05, 4.69) is 27.8 Å². The first kappa shape index (κ1) is 21.3. The number of nitrogens with zero attached hydrogens (tertiary/aromatic N) is 1. The Balaban J connectivity index is 1.51. The maximum atomic E-state index is 12.6. The van der Waals surface area contributed by atoms with Crippen molar-refractivity contribution in [3.63, 3.8) is 0 Å². The van der Waals surface area contributed by atoms with Gasteiger partial charge in [0.1, 0.15) is 10.8 Å². The van der Waals surface area contributed by atoms with Crippen LogP contribution in [0, 0.1) is 0 Å². The standard InChI is InChI=1S/C24H27N3O3S/c1-16(23-25-13-14-31-23)26-21(28)9-11-24(12-10-22(29)27-24)15-17-7-8-20(30-2)19-6-4-3-5-18(17)19/h3-8,13-14,16H,9-12,15H2,1-2H3,(H,26,28)(H,27,29). The van der Waals surface area contributed by atoms with Crippen LogP contribution in [0.1, 0.15) is 49.2 Å². The Bertz CT molecular complexity index is 1080. The van der Waals surface area contributed by atoms with Crippen LogP contribution >= 0.6 is 11.3 Å². The first-order valence-electron chi connectivity index (χ1n) is 10.5. The van der Waals surface area contributed by atoms with Crippen molar-refractivity contribution in [3.05, 3.63) is 58.5 Å². The van der Waals surface area contributed by atoms with Gasteiger partial charge in [0.25, 0.3) is 0 Å². The Morgan fingerprint density at radius 3 is 2.77 bits per heavy atom. The van der Waals surface area contributed by atoms with Crippen molar-refractivity contribution in [3.8, 4) is 5.75 Å². The fourth-order valence-corrected chi connectivity index (χ4v) is 5.04. The number of hydrogen-bond acceptors (Lipinski definition) is 5. The number of methoxy groups -OCH3 is 1. The van der Waals surface area contributed by atoms with Crippen LogP contribution in [0.4, 0.5) is 0 Å². The molecule has 2 aromatic carbocycles. The summed E-state index contributed by atoms with van der Waals surface area (Å²) in [5.74, 6) is 0.858. The third kappa shape index (κ3) is 4.71. The van der Waals surface area contributed by atoms with Crippen molar-refractivity contribution in [2.45, 2.75) is 50.6 Å². The van der Waals surface area contributed by atoms with Gasteiger partial charge >= 0.3 is 0 Å². The van der Waals surface area contributed by atoms with Gasteiger partial charge in [-0.3, -0.25) is 9.59 Å². The summed E-state index contributed by atoms with van der Waals surface area (Å²) >= 11 is 1.53. The molecule has 1 fully saturated rings. The monoisotopic (exact) mass is 437 g/mol. The number of rotatable bonds is 8. The summed E-state index contributed by atoms with van der Waals surface area (Å²) < 4.78 is 5.51. The van der Waals surface area contributed by atoms with Crippen LogP contribution in [0.15, 0.2) is 48.0 Å². The molecular formula is C24H27N3O3S. The first-order valence-corrected chi connectivity index (χ1v) is 11.4. The fraction of sp³-hybridized carbons (Fsp3) is 0.375. The van der Waals surface area contributed by atoms with Crippen molar-refractivity contribution in [2.24, 2.45) is 0 Å². The number of aromatic nitrogens is 1. The topological polar surface area (TPSA) is 80.3 Å². The number of amides is 2. The predicted octanol–water partition coefficient (Wildman–Crippen LogP) is 4.15. The third-order valence-electron chi connectivity index (χ3n) is 5.99. The molecule has 4 rings (SSSR count). The van der Waals surface area contributed by atoms with Gasteiger partial charge in [-0.1, -0.05) is 30.3 Å². The maximum Gasteiger partial charge on any atom is 0.220 e. The van der Waals surface area contributed by atoms with E-state index in [9.17, 15) is 9.59 Å². The summed E-state index contributed by atoms with van der Waals surface area (Å²) in [6, 6.07) is 12.1. The molecule has 1 aromatic heterocycles. The Hall–Kier alpha value is -2.93. The van der Waals surface area contributed by atoms with E-state index in [1.54, 1.807) is 13.3 Å². The molecule has 0 spiro atoms. The third-order valence-corrected chi connectivity index (χ3v) is 6.95. The first-order chi connectivity index (χ1) is 15.0. The van der Waals surface area contributed by atoms with E-state index < -0.39 is 5.54 Å². The summed E-state index contributed by atoms with van der Waals surface area (Å²) in [6.45, 7) is 1.94. The molecule has 0 bridgehead atoms. The van der Waals surface area contributed by atoms with Crippen LogP contribution in [0.25, 0.3) is 10.8 Å². The minimum absolute atomic E-state index is 0.0252. The Kier molecular flexibility index (Phi) is 6.23. The van der Waals surface area contributed by atoms with Crippen LogP contribution in [0.5, 0.6) is 5.75 Å². The van der Waals surface area contributed by atoms with E-state index in [1.807, 2.05) is 36.6 Å². The van der Waals surface area contributed by atoms with E-state index in [-0.39, 0.29) is 17.9 Å². The van der Waals surface area contributed by atoms with Gasteiger partial charge < -0.3 is 15.4 Å². The largest absolute Gasteiger partial charge is 0.496 e. The molecule has 31 heavy (non-hydrogen) atoms. The zero-order valence-electron chi connectivity index (χ0n) is 17.8. The molecule has 7 heteroatoms. The molecule has 162 valence electrons. The van der Waals surface area contributed by atoms with Crippen molar-refractivity contribution in [1.82, 2.24) is 15.6 Å². The van der Waals surface area contributed by atoms with Gasteiger partial charge in [-0.2, -0.15) is 0 Å². The van der Waals surface area contributed by atoms with E-state index in [0.29, 0.717) is 25.7 Å². The number of thiazole rings is 1. The average Bonchev–Trinajstić information content (AvgIpc) is 3.43. The van der Waals surface area contributed by atoms with Gasteiger partial charge in [-0.15, -0.1) is 11.3 Å². The Morgan fingerprint density at radius 2 is 2.10 bits per heavy atom. The zero-order valence-corrected chi connectivity index (χ0v) is 18.6. The molecule has 2 N–H and O–H groups in total. The van der Waals surface area contributed by atoms with Gasteiger partial charge in [-0.05, 0) is 43.2 Å². The number of fused-ring (bicyclic) bond motifs is 1. The zero-order chi connectivity index (χ0) is 21.8. The highest BCUT2D eigenvalue weighted by Crippen LogP contribution is 2.35. The quantitative estimate of drug-likeness (QED) is 0.555. The lowest BCUT2D eigenvalue weighted by Gasteiger charge is -2.30. The smallest absolute Gasteiger partial charge is 0.220 e. The summed E-state index contributed by atoms with van der Waals surface area (Å²) in [7, 11) is 1.67. The molecule has 0 saturated carbocycles. The maximum absolute atomic E-state index is 12.6. The molecule has 2 heterocycles. The van der Waals surface area contributed by atoms with Crippen molar-refractivity contribution < 1.29 is 14.3 Å². The van der Waals surface area contributed by atoms with Crippen LogP contribution in [0.3, 0.4) is 0 Å². The lowest BCUT2D eigenvalue weighted by atomic mass is 9.83. The Labute approximate surface area is 186 Å². The van der Waals surface area contributed by atoms with E-state index in [0.717, 1.165) is 33.5 Å². The summed E-state index contributed by atoms with van der Waals surface area (Å²) in [6.07, 6.45) is 4.58. The predicted molar refractivity (Wildman–Crippen MR) is 122 cm³/mol. The molecule has 0 radical (unpaired) electrons. The highest BCUT2D eigenvalue weighted by atomic mass is 32.1. The number of benzene rings is 2. The van der Waals surface area contributed by atoms with Gasteiger partial charge in [0, 0.05) is 35.3 Å². The minimum atomic E-state index is -0.420. The molecule has 6 nitrogen and oxygen atoms in total. The van der Waals surface area contributed by atoms with Gasteiger partial charge in [0.2, 0.25) is 11.8 Å². The second-order valence-corrected chi connectivity index (χ2v) is 9.06. The SMILES string of the molecule is COc1ccc(CC2(CCC(=O)NC(C)c3nccs3)CCC(=O)N2)c2ccccc12. The van der Waals surface area contributed by atoms with Crippen molar-refractivity contribution in [1.29, 1.82) is 0 Å². The van der Waals surface area contributed by atoms with Crippen LogP contribution < -0.4 is 15.4 Å². The number of hydrogen-bond donors (Lipinski definition) is 2. The highest BCUT2D eigenvalue weighted by molar-refractivity contribution is 7.09. The summed E-state index contributed by atoms with van der Waals surface area (Å²) in [5.41, 5.74) is 0.728. The van der Waals surface area contributed by atoms with E-state index in [4.69, 9.17) is 4.74 Å². The van der Waals surface area contributed by atoms with E-state index in [1.165, 1.54) is 11.3 Å². The molecule has 3 aromatic rings. The molecule has 1 aliphatic heterocycles. The lowest BCUT2D eigenvalue weighted by Crippen LogP contribution is -2.44. The van der Waals surface area contributed by atoms with Crippen LogP contribution in [-0.4, -0.2) is 29.4 Å². The Morgan fingerprint density at radius 1 is 1.29 bits per heavy atom. The molecular weight excluding hydrogens is 410 g/mol. The second-order valence-electron chi connectivity index (χ2n) is 8.14. The van der Waals surface area contributed by atoms with Crippen LogP contribution in [-0.2, 0) is 16.0 Å². The van der Waals surface area contributed by atoms with Gasteiger partial charge in [0.05, 0.1) is 13.2 Å². The number of carbonyl (C=O) groups excluding carboxylic acids is 2. The van der Waals surface area contributed by atoms with Crippen molar-refractivity contribution >= 4 is 33.9 Å². The van der Waals surface area contributed by atoms with E-state index >= 15 is 0 Å². The number of ether oxygens (including phenoxy) is 1. The highest BCUT2D eigenvalue weighted by Gasteiger charge is 2.38. The van der Waals surface area contributed by atoms with Gasteiger partial charge in [0.15, 0.2) is 0 Å². The molecule has 1 aliphatic rings. The van der Waals surface area contributed by atoms with Crippen LogP contribution in [0.2, 0.25) is 0 Å². The molecule has 0 aliphatic carbocycles. The molecule has 2 unspecified atom stereocenters. The number of nitrogens with one attached hydrogen (secondary N) is 2. The molecule has 2 amide bonds. The van der Waals surface area contributed by atoms with Gasteiger partial charge in [-0.25, -0.2) is 4.98 Å². The second kappa shape index (κ2) is 9.06. The molecule has 1 saturated heterocycles. The minimum Gasteiger partial charge on any atom is -0.496 e. The lowest BCUT2D eigenvalue weighted by molar-refractivity contribution is -0.123. The summed E-state index contributed by atoms with van der Waals surface area (Å²) in [4.78, 5) is 29.0. The fourth-order valence-electron chi connectivity index (χ4n) is 4.39. The van der Waals surface area contributed by atoms with Crippen molar-refractivity contribution in [2.75, 3.05) is 7.11 Å².